The Hall–Kier alpha value is -2.11. The number of carbonyl (C=O) groups is 1. The van der Waals surface area contributed by atoms with Crippen molar-refractivity contribution >= 4 is 5.91 Å². The minimum atomic E-state index is -0.153. The van der Waals surface area contributed by atoms with Crippen molar-refractivity contribution in [1.29, 1.82) is 0 Å². The summed E-state index contributed by atoms with van der Waals surface area (Å²) >= 11 is 0. The van der Waals surface area contributed by atoms with Crippen LogP contribution in [0.25, 0.3) is 0 Å². The van der Waals surface area contributed by atoms with Crippen molar-refractivity contribution in [2.75, 3.05) is 13.1 Å². The molecule has 1 fully saturated rings. The van der Waals surface area contributed by atoms with Crippen LogP contribution in [0.15, 0.2) is 18.5 Å². The first kappa shape index (κ1) is 15.8. The highest BCUT2D eigenvalue weighted by molar-refractivity contribution is 5.84. The summed E-state index contributed by atoms with van der Waals surface area (Å²) in [7, 11) is 1.93. The molecule has 1 aliphatic heterocycles. The van der Waals surface area contributed by atoms with E-state index in [1.807, 2.05) is 54.3 Å². The van der Waals surface area contributed by atoms with E-state index in [1.54, 1.807) is 6.20 Å². The van der Waals surface area contributed by atoms with Crippen molar-refractivity contribution in [3.8, 4) is 0 Å². The summed E-state index contributed by atoms with van der Waals surface area (Å²) in [5.74, 6) is 0.0427. The quantitative estimate of drug-likeness (QED) is 0.872. The molecule has 0 bridgehead atoms. The minimum Gasteiger partial charge on any atom is -0.340 e. The lowest BCUT2D eigenvalue weighted by molar-refractivity contribution is -0.134. The van der Waals surface area contributed by atoms with Gasteiger partial charge in [0.25, 0.3) is 0 Å². The van der Waals surface area contributed by atoms with E-state index in [2.05, 4.69) is 10.2 Å². The zero-order valence-corrected chi connectivity index (χ0v) is 14.4. The highest BCUT2D eigenvalue weighted by Crippen LogP contribution is 2.28. The molecule has 0 unspecified atom stereocenters. The van der Waals surface area contributed by atoms with Crippen LogP contribution in [-0.4, -0.2) is 43.5 Å². The second-order valence-corrected chi connectivity index (χ2v) is 6.50. The lowest BCUT2D eigenvalue weighted by atomic mass is 9.96. The van der Waals surface area contributed by atoms with E-state index in [0.717, 1.165) is 42.9 Å². The third-order valence-corrected chi connectivity index (χ3v) is 4.98. The molecule has 3 heterocycles. The maximum atomic E-state index is 13.0. The fourth-order valence-electron chi connectivity index (χ4n) is 3.68. The molecule has 1 saturated heterocycles. The molecule has 0 aliphatic carbocycles. The van der Waals surface area contributed by atoms with E-state index >= 15 is 0 Å². The molecule has 2 atom stereocenters. The number of hydrogen-bond acceptors (Lipinski definition) is 3. The Bertz CT molecular complexity index is 688. The van der Waals surface area contributed by atoms with Crippen molar-refractivity contribution in [1.82, 2.24) is 24.5 Å². The van der Waals surface area contributed by atoms with E-state index in [-0.39, 0.29) is 17.9 Å². The normalized spacial score (nSPS) is 19.8. The van der Waals surface area contributed by atoms with Gasteiger partial charge in [0.1, 0.15) is 0 Å². The average molecular weight is 315 g/mol. The molecule has 0 N–H and O–H groups in total. The van der Waals surface area contributed by atoms with Gasteiger partial charge < -0.3 is 4.90 Å². The Balaban J connectivity index is 1.77. The first-order valence-electron chi connectivity index (χ1n) is 8.27. The second-order valence-electron chi connectivity index (χ2n) is 6.50. The molecule has 0 aromatic carbocycles. The summed E-state index contributed by atoms with van der Waals surface area (Å²) in [5, 5.41) is 8.78. The molecule has 0 radical (unpaired) electrons. The smallest absolute Gasteiger partial charge is 0.230 e. The summed E-state index contributed by atoms with van der Waals surface area (Å²) in [6.07, 6.45) is 5.88. The van der Waals surface area contributed by atoms with Crippen LogP contribution in [0.2, 0.25) is 0 Å². The van der Waals surface area contributed by atoms with Gasteiger partial charge in [-0.2, -0.15) is 10.2 Å². The Morgan fingerprint density at radius 1 is 1.39 bits per heavy atom. The first-order valence-corrected chi connectivity index (χ1v) is 8.27. The van der Waals surface area contributed by atoms with Gasteiger partial charge in [-0.25, -0.2) is 0 Å². The zero-order valence-electron chi connectivity index (χ0n) is 14.4. The van der Waals surface area contributed by atoms with Gasteiger partial charge in [-0.1, -0.05) is 0 Å². The molecule has 124 valence electrons. The lowest BCUT2D eigenvalue weighted by Gasteiger charge is -2.34. The van der Waals surface area contributed by atoms with Gasteiger partial charge in [0, 0.05) is 43.8 Å². The predicted octanol–water partition coefficient (Wildman–Crippen LogP) is 2.20. The SMILES string of the molecule is Cc1nn(C)c(C)c1[C@H](C)C(=O)N1CCC[C@@H](n2cccn2)C1. The topological polar surface area (TPSA) is 56.0 Å². The molecule has 1 amide bonds. The molecular formula is C17H25N5O. The summed E-state index contributed by atoms with van der Waals surface area (Å²) in [6, 6.07) is 2.22. The molecule has 6 heteroatoms. The van der Waals surface area contributed by atoms with Gasteiger partial charge >= 0.3 is 0 Å². The highest BCUT2D eigenvalue weighted by atomic mass is 16.2. The van der Waals surface area contributed by atoms with Gasteiger partial charge in [-0.3, -0.25) is 14.2 Å². The van der Waals surface area contributed by atoms with Crippen LogP contribution in [0.3, 0.4) is 0 Å². The monoisotopic (exact) mass is 315 g/mol. The van der Waals surface area contributed by atoms with Gasteiger partial charge in [-0.05, 0) is 39.7 Å². The molecular weight excluding hydrogens is 290 g/mol. The molecule has 3 rings (SSSR count). The highest BCUT2D eigenvalue weighted by Gasteiger charge is 2.30. The molecule has 1 aliphatic rings. The van der Waals surface area contributed by atoms with E-state index < -0.39 is 0 Å². The van der Waals surface area contributed by atoms with Crippen LogP contribution in [-0.2, 0) is 11.8 Å². The van der Waals surface area contributed by atoms with Gasteiger partial charge in [0.05, 0.1) is 17.7 Å². The molecule has 2 aromatic rings. The Labute approximate surface area is 137 Å². The van der Waals surface area contributed by atoms with E-state index in [4.69, 9.17) is 0 Å². The lowest BCUT2D eigenvalue weighted by Crippen LogP contribution is -2.42. The molecule has 2 aromatic heterocycles. The number of hydrogen-bond donors (Lipinski definition) is 0. The number of likely N-dealkylation sites (tertiary alicyclic amines) is 1. The standard InChI is InChI=1S/C17H25N5O/c1-12(16-13(2)19-20(4)14(16)3)17(23)21-9-5-7-15(11-21)22-10-6-8-18-22/h6,8,10,12,15H,5,7,9,11H2,1-4H3/t12-,15+/m0/s1. The fourth-order valence-corrected chi connectivity index (χ4v) is 3.68. The van der Waals surface area contributed by atoms with Crippen molar-refractivity contribution in [2.24, 2.45) is 7.05 Å². The van der Waals surface area contributed by atoms with Crippen molar-refractivity contribution in [3.63, 3.8) is 0 Å². The number of nitrogens with zero attached hydrogens (tertiary/aromatic N) is 5. The second kappa shape index (κ2) is 6.18. The summed E-state index contributed by atoms with van der Waals surface area (Å²) < 4.78 is 3.84. The van der Waals surface area contributed by atoms with Gasteiger partial charge in [-0.15, -0.1) is 0 Å². The summed E-state index contributed by atoms with van der Waals surface area (Å²) in [4.78, 5) is 15.0. The fraction of sp³-hybridized carbons (Fsp3) is 0.588. The van der Waals surface area contributed by atoms with Crippen LogP contribution in [0.1, 0.15) is 48.7 Å². The van der Waals surface area contributed by atoms with E-state index in [9.17, 15) is 4.79 Å². The Morgan fingerprint density at radius 2 is 2.17 bits per heavy atom. The van der Waals surface area contributed by atoms with Crippen molar-refractivity contribution in [3.05, 3.63) is 35.4 Å². The Kier molecular flexibility index (Phi) is 4.24. The van der Waals surface area contributed by atoms with Crippen molar-refractivity contribution in [2.45, 2.75) is 45.6 Å². The summed E-state index contributed by atoms with van der Waals surface area (Å²) in [6.45, 7) is 7.58. The number of rotatable bonds is 3. The van der Waals surface area contributed by atoms with Crippen LogP contribution in [0.4, 0.5) is 0 Å². The van der Waals surface area contributed by atoms with Crippen LogP contribution >= 0.6 is 0 Å². The molecule has 0 spiro atoms. The maximum Gasteiger partial charge on any atom is 0.230 e. The minimum absolute atomic E-state index is 0.153. The maximum absolute atomic E-state index is 13.0. The summed E-state index contributed by atoms with van der Waals surface area (Å²) in [5.41, 5.74) is 3.09. The number of aromatic nitrogens is 4. The van der Waals surface area contributed by atoms with Crippen molar-refractivity contribution < 1.29 is 4.79 Å². The first-order chi connectivity index (χ1) is 11.0. The third-order valence-electron chi connectivity index (χ3n) is 4.98. The third kappa shape index (κ3) is 2.90. The van der Waals surface area contributed by atoms with Gasteiger partial charge in [0.15, 0.2) is 0 Å². The van der Waals surface area contributed by atoms with Crippen LogP contribution in [0, 0.1) is 13.8 Å². The van der Waals surface area contributed by atoms with Crippen LogP contribution in [0.5, 0.6) is 0 Å². The number of piperidine rings is 1. The number of amides is 1. The molecule has 23 heavy (non-hydrogen) atoms. The number of aryl methyl sites for hydroxylation is 2. The van der Waals surface area contributed by atoms with Crippen LogP contribution < -0.4 is 0 Å². The molecule has 6 nitrogen and oxygen atoms in total. The molecule has 0 saturated carbocycles. The number of carbonyl (C=O) groups excluding carboxylic acids is 1. The zero-order chi connectivity index (χ0) is 16.6. The predicted molar refractivity (Wildman–Crippen MR) is 88.2 cm³/mol. The van der Waals surface area contributed by atoms with E-state index in [1.165, 1.54) is 0 Å². The largest absolute Gasteiger partial charge is 0.340 e. The Morgan fingerprint density at radius 3 is 2.78 bits per heavy atom. The van der Waals surface area contributed by atoms with Gasteiger partial charge in [0.2, 0.25) is 5.91 Å². The van der Waals surface area contributed by atoms with E-state index in [0.29, 0.717) is 0 Å². The average Bonchev–Trinajstić information content (AvgIpc) is 3.16.